The van der Waals surface area contributed by atoms with Crippen LogP contribution in [0.25, 0.3) is 0 Å². The van der Waals surface area contributed by atoms with Gasteiger partial charge in [0.25, 0.3) is 0 Å². The Bertz CT molecular complexity index is 691. The molecule has 2 aliphatic heterocycles. The molecule has 2 aliphatic rings. The highest BCUT2D eigenvalue weighted by Gasteiger charge is 2.31. The fraction of sp³-hybridized carbons (Fsp3) is 0.619. The molecule has 154 valence electrons. The molecule has 2 saturated heterocycles. The van der Waals surface area contributed by atoms with Crippen molar-refractivity contribution in [2.24, 2.45) is 5.92 Å². The number of likely N-dealkylation sites (tertiary alicyclic amines) is 2. The first-order chi connectivity index (χ1) is 13.5. The van der Waals surface area contributed by atoms with E-state index in [0.717, 1.165) is 50.9 Å². The summed E-state index contributed by atoms with van der Waals surface area (Å²) in [6.45, 7) is 3.26. The molecule has 0 radical (unpaired) electrons. The number of hydrogen-bond donors (Lipinski definition) is 1. The second-order valence-electron chi connectivity index (χ2n) is 8.04. The van der Waals surface area contributed by atoms with Crippen LogP contribution in [-0.2, 0) is 4.79 Å². The largest absolute Gasteiger partial charge is 0.354 e. The highest BCUT2D eigenvalue weighted by atomic mass is 19.1. The third-order valence-electron chi connectivity index (χ3n) is 5.77. The molecule has 28 heavy (non-hydrogen) atoms. The van der Waals surface area contributed by atoms with Crippen molar-refractivity contribution in [2.45, 2.75) is 31.7 Å². The first-order valence-corrected chi connectivity index (χ1v) is 10.2. The van der Waals surface area contributed by atoms with E-state index < -0.39 is 0 Å². The Labute approximate surface area is 166 Å². The first-order valence-electron chi connectivity index (χ1n) is 10.2. The lowest BCUT2D eigenvalue weighted by Crippen LogP contribution is -2.50. The zero-order valence-electron chi connectivity index (χ0n) is 16.9. The van der Waals surface area contributed by atoms with Crippen LogP contribution in [0.1, 0.15) is 37.3 Å². The molecule has 2 fully saturated rings. The van der Waals surface area contributed by atoms with E-state index >= 15 is 0 Å². The minimum absolute atomic E-state index is 0.0258. The van der Waals surface area contributed by atoms with Crippen LogP contribution in [-0.4, -0.2) is 73.5 Å². The number of nitrogens with one attached hydrogen (secondary N) is 1. The van der Waals surface area contributed by atoms with Crippen molar-refractivity contribution in [3.8, 4) is 0 Å². The van der Waals surface area contributed by atoms with Gasteiger partial charge in [-0.25, -0.2) is 9.18 Å². The van der Waals surface area contributed by atoms with Crippen molar-refractivity contribution in [2.75, 3.05) is 46.8 Å². The highest BCUT2D eigenvalue weighted by Crippen LogP contribution is 2.21. The molecule has 2 heterocycles. The number of urea groups is 1. The van der Waals surface area contributed by atoms with E-state index in [-0.39, 0.29) is 29.7 Å². The standard InChI is InChI=1S/C21H31FN4O2/c1-24(2)19(16-7-5-9-18(22)13-16)14-23-20(27)17-8-6-12-26(15-17)21(28)25-10-3-4-11-25/h5,7,9,13,17,19H,3-4,6,8,10-12,14-15H2,1-2H3,(H,23,27)/t17-,19+/m0/s1. The summed E-state index contributed by atoms with van der Waals surface area (Å²) in [4.78, 5) is 31.1. The van der Waals surface area contributed by atoms with Gasteiger partial charge in [-0.15, -0.1) is 0 Å². The van der Waals surface area contributed by atoms with Gasteiger partial charge in [0, 0.05) is 32.7 Å². The van der Waals surface area contributed by atoms with Gasteiger partial charge in [0.05, 0.1) is 12.0 Å². The maximum atomic E-state index is 13.6. The van der Waals surface area contributed by atoms with Gasteiger partial charge in [0.2, 0.25) is 5.91 Å². The van der Waals surface area contributed by atoms with Crippen LogP contribution in [0.5, 0.6) is 0 Å². The first kappa shape index (κ1) is 20.6. The molecule has 1 N–H and O–H groups in total. The van der Waals surface area contributed by atoms with E-state index in [1.165, 1.54) is 12.1 Å². The summed E-state index contributed by atoms with van der Waals surface area (Å²) in [7, 11) is 3.83. The molecule has 1 aromatic rings. The van der Waals surface area contributed by atoms with Gasteiger partial charge in [-0.2, -0.15) is 0 Å². The molecular formula is C21H31FN4O2. The van der Waals surface area contributed by atoms with E-state index in [9.17, 15) is 14.0 Å². The van der Waals surface area contributed by atoms with Crippen molar-refractivity contribution in [3.05, 3.63) is 35.6 Å². The zero-order valence-corrected chi connectivity index (χ0v) is 16.9. The predicted octanol–water partition coefficient (Wildman–Crippen LogP) is 2.47. The summed E-state index contributed by atoms with van der Waals surface area (Å²) in [5.41, 5.74) is 0.833. The molecule has 2 atom stereocenters. The molecule has 0 bridgehead atoms. The maximum Gasteiger partial charge on any atom is 0.320 e. The van der Waals surface area contributed by atoms with Gasteiger partial charge in [-0.3, -0.25) is 4.79 Å². The van der Waals surface area contributed by atoms with Gasteiger partial charge in [-0.05, 0) is 57.5 Å². The molecular weight excluding hydrogens is 359 g/mol. The number of nitrogens with zero attached hydrogens (tertiary/aromatic N) is 3. The zero-order chi connectivity index (χ0) is 20.1. The van der Waals surface area contributed by atoms with Crippen molar-refractivity contribution in [1.82, 2.24) is 20.0 Å². The van der Waals surface area contributed by atoms with Crippen molar-refractivity contribution < 1.29 is 14.0 Å². The lowest BCUT2D eigenvalue weighted by molar-refractivity contribution is -0.126. The molecule has 0 aliphatic carbocycles. The number of carbonyl (C=O) groups is 2. The summed E-state index contributed by atoms with van der Waals surface area (Å²) < 4.78 is 13.6. The van der Waals surface area contributed by atoms with Crippen molar-refractivity contribution in [3.63, 3.8) is 0 Å². The monoisotopic (exact) mass is 390 g/mol. The average Bonchev–Trinajstić information content (AvgIpc) is 3.22. The van der Waals surface area contributed by atoms with Gasteiger partial charge in [0.1, 0.15) is 5.82 Å². The Hall–Kier alpha value is -2.15. The molecule has 0 unspecified atom stereocenters. The predicted molar refractivity (Wildman–Crippen MR) is 106 cm³/mol. The van der Waals surface area contributed by atoms with Gasteiger partial charge in [0.15, 0.2) is 0 Å². The van der Waals surface area contributed by atoms with E-state index in [4.69, 9.17) is 0 Å². The van der Waals surface area contributed by atoms with Crippen LogP contribution in [0.3, 0.4) is 0 Å². The third-order valence-corrected chi connectivity index (χ3v) is 5.77. The van der Waals surface area contributed by atoms with Crippen molar-refractivity contribution >= 4 is 11.9 Å². The average molecular weight is 391 g/mol. The highest BCUT2D eigenvalue weighted by molar-refractivity contribution is 5.81. The molecule has 7 heteroatoms. The minimum Gasteiger partial charge on any atom is -0.354 e. The van der Waals surface area contributed by atoms with Gasteiger partial charge >= 0.3 is 6.03 Å². The number of rotatable bonds is 5. The third kappa shape index (κ3) is 5.01. The number of likely N-dealkylation sites (N-methyl/N-ethyl adjacent to an activating group) is 1. The van der Waals surface area contributed by atoms with E-state index in [1.807, 2.05) is 34.9 Å². The molecule has 0 saturated carbocycles. The summed E-state index contributed by atoms with van der Waals surface area (Å²) in [6.07, 6.45) is 3.77. The number of benzene rings is 1. The van der Waals surface area contributed by atoms with E-state index in [0.29, 0.717) is 13.1 Å². The number of piperidine rings is 1. The smallest absolute Gasteiger partial charge is 0.320 e. The Morgan fingerprint density at radius 3 is 2.57 bits per heavy atom. The summed E-state index contributed by atoms with van der Waals surface area (Å²) >= 11 is 0. The summed E-state index contributed by atoms with van der Waals surface area (Å²) in [5, 5.41) is 3.03. The van der Waals surface area contributed by atoms with Crippen LogP contribution in [0.15, 0.2) is 24.3 Å². The molecule has 0 aromatic heterocycles. The van der Waals surface area contributed by atoms with Crippen LogP contribution in [0.4, 0.5) is 9.18 Å². The summed E-state index contributed by atoms with van der Waals surface area (Å²) in [5.74, 6) is -0.489. The molecule has 3 rings (SSSR count). The van der Waals surface area contributed by atoms with Crippen molar-refractivity contribution in [1.29, 1.82) is 0 Å². The van der Waals surface area contributed by atoms with Crippen LogP contribution < -0.4 is 5.32 Å². The summed E-state index contributed by atoms with van der Waals surface area (Å²) in [6, 6.07) is 6.45. The van der Waals surface area contributed by atoms with E-state index in [2.05, 4.69) is 5.32 Å². The van der Waals surface area contributed by atoms with E-state index in [1.54, 1.807) is 6.07 Å². The lowest BCUT2D eigenvalue weighted by atomic mass is 9.97. The Morgan fingerprint density at radius 2 is 1.89 bits per heavy atom. The minimum atomic E-state index is -0.279. The topological polar surface area (TPSA) is 55.9 Å². The van der Waals surface area contributed by atoms with Crippen LogP contribution in [0, 0.1) is 11.7 Å². The van der Waals surface area contributed by atoms with Crippen LogP contribution in [0.2, 0.25) is 0 Å². The Morgan fingerprint density at radius 1 is 1.18 bits per heavy atom. The SMILES string of the molecule is CN(C)[C@H](CNC(=O)[C@H]1CCCN(C(=O)N2CCCC2)C1)c1cccc(F)c1. The lowest BCUT2D eigenvalue weighted by Gasteiger charge is -2.35. The number of amides is 3. The Balaban J connectivity index is 1.56. The van der Waals surface area contributed by atoms with Gasteiger partial charge < -0.3 is 20.0 Å². The second-order valence-corrected chi connectivity index (χ2v) is 8.04. The Kier molecular flexibility index (Phi) is 6.88. The molecule has 3 amide bonds. The quantitative estimate of drug-likeness (QED) is 0.840. The molecule has 6 nitrogen and oxygen atoms in total. The van der Waals surface area contributed by atoms with Crippen LogP contribution >= 0.6 is 0 Å². The molecule has 1 aromatic carbocycles. The number of carbonyl (C=O) groups excluding carboxylic acids is 2. The second kappa shape index (κ2) is 9.37. The number of halogens is 1. The number of hydrogen-bond acceptors (Lipinski definition) is 3. The fourth-order valence-corrected chi connectivity index (χ4v) is 4.13. The van der Waals surface area contributed by atoms with Gasteiger partial charge in [-0.1, -0.05) is 12.1 Å². The molecule has 0 spiro atoms. The normalized spacial score (nSPS) is 21.1. The maximum absolute atomic E-state index is 13.6. The fourth-order valence-electron chi connectivity index (χ4n) is 4.13.